The SMILES string of the molecule is CCCCOCC(O)CNC1CCN(C)C(C)C1. The molecule has 0 aromatic heterocycles. The predicted octanol–water partition coefficient (Wildman–Crippen LogP) is 1.24. The highest BCUT2D eigenvalue weighted by atomic mass is 16.5. The number of aliphatic hydroxyl groups is 1. The monoisotopic (exact) mass is 258 g/mol. The zero-order chi connectivity index (χ0) is 13.4. The molecule has 108 valence electrons. The molecule has 0 amide bonds. The molecule has 1 heterocycles. The van der Waals surface area contributed by atoms with Crippen molar-refractivity contribution in [2.45, 2.75) is 57.7 Å². The first kappa shape index (κ1) is 15.9. The molecule has 1 fully saturated rings. The Labute approximate surface area is 112 Å². The highest BCUT2D eigenvalue weighted by Gasteiger charge is 2.22. The third kappa shape index (κ3) is 6.14. The van der Waals surface area contributed by atoms with Crippen molar-refractivity contribution in [3.63, 3.8) is 0 Å². The van der Waals surface area contributed by atoms with Gasteiger partial charge in [-0.25, -0.2) is 0 Å². The lowest BCUT2D eigenvalue weighted by Crippen LogP contribution is -2.47. The molecule has 0 bridgehead atoms. The maximum atomic E-state index is 9.80. The number of hydrogen-bond donors (Lipinski definition) is 2. The third-order valence-electron chi connectivity index (χ3n) is 3.80. The number of nitrogens with zero attached hydrogens (tertiary/aromatic N) is 1. The summed E-state index contributed by atoms with van der Waals surface area (Å²) < 4.78 is 5.42. The van der Waals surface area contributed by atoms with E-state index >= 15 is 0 Å². The van der Waals surface area contributed by atoms with Crippen molar-refractivity contribution in [2.24, 2.45) is 0 Å². The lowest BCUT2D eigenvalue weighted by Gasteiger charge is -2.35. The zero-order valence-electron chi connectivity index (χ0n) is 12.2. The number of rotatable bonds is 8. The summed E-state index contributed by atoms with van der Waals surface area (Å²) in [5.74, 6) is 0. The summed E-state index contributed by atoms with van der Waals surface area (Å²) in [6, 6.07) is 1.18. The molecular formula is C14H30N2O2. The smallest absolute Gasteiger partial charge is 0.0897 e. The molecule has 3 unspecified atom stereocenters. The molecule has 0 aliphatic carbocycles. The minimum atomic E-state index is -0.378. The van der Waals surface area contributed by atoms with Crippen LogP contribution in [-0.4, -0.2) is 61.5 Å². The van der Waals surface area contributed by atoms with Gasteiger partial charge in [-0.2, -0.15) is 0 Å². The fourth-order valence-corrected chi connectivity index (χ4v) is 2.30. The summed E-state index contributed by atoms with van der Waals surface area (Å²) >= 11 is 0. The van der Waals surface area contributed by atoms with Crippen LogP contribution in [0.5, 0.6) is 0 Å². The van der Waals surface area contributed by atoms with Gasteiger partial charge in [0.1, 0.15) is 0 Å². The van der Waals surface area contributed by atoms with Crippen LogP contribution in [0.4, 0.5) is 0 Å². The molecular weight excluding hydrogens is 228 g/mol. The number of nitrogens with one attached hydrogen (secondary N) is 1. The second-order valence-corrected chi connectivity index (χ2v) is 5.54. The molecule has 1 aliphatic rings. The van der Waals surface area contributed by atoms with Gasteiger partial charge in [-0.05, 0) is 39.8 Å². The Bertz CT molecular complexity index is 214. The molecule has 0 saturated carbocycles. The van der Waals surface area contributed by atoms with Crippen molar-refractivity contribution in [2.75, 3.05) is 33.4 Å². The van der Waals surface area contributed by atoms with Gasteiger partial charge in [0.05, 0.1) is 12.7 Å². The summed E-state index contributed by atoms with van der Waals surface area (Å²) in [6.45, 7) is 7.41. The van der Waals surface area contributed by atoms with Crippen molar-refractivity contribution in [3.05, 3.63) is 0 Å². The van der Waals surface area contributed by atoms with Crippen LogP contribution < -0.4 is 5.32 Å². The Balaban J connectivity index is 2.05. The van der Waals surface area contributed by atoms with E-state index in [1.165, 1.54) is 12.8 Å². The van der Waals surface area contributed by atoms with Crippen LogP contribution in [0.3, 0.4) is 0 Å². The van der Waals surface area contributed by atoms with Gasteiger partial charge in [0, 0.05) is 25.2 Å². The maximum Gasteiger partial charge on any atom is 0.0897 e. The number of aliphatic hydroxyl groups excluding tert-OH is 1. The molecule has 18 heavy (non-hydrogen) atoms. The lowest BCUT2D eigenvalue weighted by atomic mass is 9.99. The van der Waals surface area contributed by atoms with Crippen LogP contribution in [0.15, 0.2) is 0 Å². The van der Waals surface area contributed by atoms with E-state index in [1.807, 2.05) is 0 Å². The van der Waals surface area contributed by atoms with Crippen LogP contribution in [0.2, 0.25) is 0 Å². The van der Waals surface area contributed by atoms with Crippen LogP contribution in [-0.2, 0) is 4.74 Å². The molecule has 1 rings (SSSR count). The van der Waals surface area contributed by atoms with Crippen molar-refractivity contribution in [1.82, 2.24) is 10.2 Å². The van der Waals surface area contributed by atoms with Crippen molar-refractivity contribution in [1.29, 1.82) is 0 Å². The van der Waals surface area contributed by atoms with Crippen LogP contribution in [0.1, 0.15) is 39.5 Å². The molecule has 2 N–H and O–H groups in total. The third-order valence-corrected chi connectivity index (χ3v) is 3.80. The van der Waals surface area contributed by atoms with E-state index in [9.17, 15) is 5.11 Å². The Morgan fingerprint density at radius 1 is 1.50 bits per heavy atom. The normalized spacial score (nSPS) is 27.3. The molecule has 0 aromatic rings. The molecule has 0 spiro atoms. The molecule has 3 atom stereocenters. The summed E-state index contributed by atoms with van der Waals surface area (Å²) in [6.07, 6.45) is 4.18. The molecule has 1 saturated heterocycles. The van der Waals surface area contributed by atoms with E-state index in [4.69, 9.17) is 4.74 Å². The summed E-state index contributed by atoms with van der Waals surface area (Å²) in [5.41, 5.74) is 0. The molecule has 1 aliphatic heterocycles. The second kappa shape index (κ2) is 8.86. The van der Waals surface area contributed by atoms with E-state index in [0.29, 0.717) is 25.2 Å². The van der Waals surface area contributed by atoms with Gasteiger partial charge < -0.3 is 20.1 Å². The standard InChI is InChI=1S/C14H30N2O2/c1-4-5-8-18-11-14(17)10-15-13-6-7-16(3)12(2)9-13/h12-15,17H,4-11H2,1-3H3. The van der Waals surface area contributed by atoms with E-state index in [2.05, 4.69) is 31.1 Å². The minimum absolute atomic E-state index is 0.378. The predicted molar refractivity (Wildman–Crippen MR) is 74.9 cm³/mol. The Morgan fingerprint density at radius 3 is 2.94 bits per heavy atom. The number of hydrogen-bond acceptors (Lipinski definition) is 4. The highest BCUT2D eigenvalue weighted by Crippen LogP contribution is 2.15. The van der Waals surface area contributed by atoms with Gasteiger partial charge in [-0.3, -0.25) is 0 Å². The van der Waals surface area contributed by atoms with Gasteiger partial charge in [0.15, 0.2) is 0 Å². The first-order chi connectivity index (χ1) is 8.63. The van der Waals surface area contributed by atoms with Crippen molar-refractivity contribution < 1.29 is 9.84 Å². The van der Waals surface area contributed by atoms with E-state index in [0.717, 1.165) is 26.0 Å². The number of ether oxygens (including phenoxy) is 1. The van der Waals surface area contributed by atoms with Crippen LogP contribution in [0.25, 0.3) is 0 Å². The zero-order valence-corrected chi connectivity index (χ0v) is 12.2. The Hall–Kier alpha value is -0.160. The topological polar surface area (TPSA) is 44.7 Å². The fourth-order valence-electron chi connectivity index (χ4n) is 2.30. The number of unbranched alkanes of at least 4 members (excludes halogenated alkanes) is 1. The van der Waals surface area contributed by atoms with E-state index in [1.54, 1.807) is 0 Å². The number of piperidine rings is 1. The van der Waals surface area contributed by atoms with Gasteiger partial charge in [0.2, 0.25) is 0 Å². The maximum absolute atomic E-state index is 9.80. The summed E-state index contributed by atoms with van der Waals surface area (Å²) in [5, 5.41) is 13.3. The Morgan fingerprint density at radius 2 is 2.28 bits per heavy atom. The molecule has 0 aromatic carbocycles. The van der Waals surface area contributed by atoms with Crippen molar-refractivity contribution >= 4 is 0 Å². The van der Waals surface area contributed by atoms with Gasteiger partial charge >= 0.3 is 0 Å². The molecule has 0 radical (unpaired) electrons. The number of likely N-dealkylation sites (tertiary alicyclic amines) is 1. The molecule has 4 nitrogen and oxygen atoms in total. The van der Waals surface area contributed by atoms with Crippen molar-refractivity contribution in [3.8, 4) is 0 Å². The Kier molecular flexibility index (Phi) is 7.82. The average molecular weight is 258 g/mol. The lowest BCUT2D eigenvalue weighted by molar-refractivity contribution is 0.0325. The largest absolute Gasteiger partial charge is 0.389 e. The summed E-state index contributed by atoms with van der Waals surface area (Å²) in [4.78, 5) is 2.39. The van der Waals surface area contributed by atoms with Gasteiger partial charge in [-0.15, -0.1) is 0 Å². The van der Waals surface area contributed by atoms with Crippen LogP contribution in [0, 0.1) is 0 Å². The van der Waals surface area contributed by atoms with Gasteiger partial charge in [-0.1, -0.05) is 13.3 Å². The van der Waals surface area contributed by atoms with Crippen LogP contribution >= 0.6 is 0 Å². The quantitative estimate of drug-likeness (QED) is 0.643. The first-order valence-corrected chi connectivity index (χ1v) is 7.33. The van der Waals surface area contributed by atoms with E-state index < -0.39 is 0 Å². The fraction of sp³-hybridized carbons (Fsp3) is 1.00. The summed E-state index contributed by atoms with van der Waals surface area (Å²) in [7, 11) is 2.18. The average Bonchev–Trinajstić information content (AvgIpc) is 2.36. The second-order valence-electron chi connectivity index (χ2n) is 5.54. The molecule has 4 heteroatoms. The van der Waals surface area contributed by atoms with E-state index in [-0.39, 0.29) is 6.10 Å². The van der Waals surface area contributed by atoms with Gasteiger partial charge in [0.25, 0.3) is 0 Å². The highest BCUT2D eigenvalue weighted by molar-refractivity contribution is 4.81. The first-order valence-electron chi connectivity index (χ1n) is 7.33. The minimum Gasteiger partial charge on any atom is -0.389 e.